The number of allylic oxidation sites excluding steroid dienone is 1. The second-order valence-electron chi connectivity index (χ2n) is 13.0. The van der Waals surface area contributed by atoms with Crippen molar-refractivity contribution < 1.29 is 33.8 Å². The Bertz CT molecular complexity index is 1630. The number of carbonyl (C=O) groups is 4. The van der Waals surface area contributed by atoms with Gasteiger partial charge in [-0.15, -0.1) is 0 Å². The first-order chi connectivity index (χ1) is 23.7. The molecule has 12 heteroatoms. The number of nitrogens with one attached hydrogen (secondary N) is 1. The number of unbranched alkanes of at least 4 members (excludes halogenated alkanes) is 3. The van der Waals surface area contributed by atoms with Gasteiger partial charge in [0.25, 0.3) is 5.91 Å². The molecule has 4 aliphatic rings. The van der Waals surface area contributed by atoms with Crippen LogP contribution < -0.4 is 10.2 Å². The first-order valence-corrected chi connectivity index (χ1v) is 18.1. The maximum Gasteiger partial charge on any atom is 0.313 e. The van der Waals surface area contributed by atoms with E-state index >= 15 is 4.79 Å². The number of carbonyl (C=O) groups excluding carboxylic acids is 4. The molecule has 3 amide bonds. The Morgan fingerprint density at radius 1 is 1.00 bits per heavy atom. The van der Waals surface area contributed by atoms with E-state index in [9.17, 15) is 19.5 Å². The van der Waals surface area contributed by atoms with Gasteiger partial charge in [-0.3, -0.25) is 19.2 Å². The van der Waals surface area contributed by atoms with Gasteiger partial charge < -0.3 is 29.7 Å². The van der Waals surface area contributed by atoms with Gasteiger partial charge in [-0.2, -0.15) is 0 Å². The van der Waals surface area contributed by atoms with E-state index in [1.807, 2.05) is 61.5 Å². The first kappa shape index (κ1) is 35.3. The van der Waals surface area contributed by atoms with Gasteiger partial charge in [0, 0.05) is 30.6 Å². The zero-order valence-corrected chi connectivity index (χ0v) is 29.7. The maximum atomic E-state index is 15.1. The molecule has 0 unspecified atom stereocenters. The number of amides is 3. The number of anilines is 1. The monoisotopic (exact) mass is 753 g/mol. The minimum Gasteiger partial charge on any atom is -0.455 e. The average Bonchev–Trinajstić information content (AvgIpc) is 3.68. The molecule has 260 valence electrons. The number of para-hydroxylation sites is 1. The van der Waals surface area contributed by atoms with Crippen LogP contribution >= 0.6 is 27.5 Å². The number of ether oxygens (including phenoxy) is 2. The van der Waals surface area contributed by atoms with Crippen LogP contribution in [0.2, 0.25) is 5.02 Å². The summed E-state index contributed by atoms with van der Waals surface area (Å²) >= 11 is 10.4. The molecular formula is C37H41BrClN3O7. The quantitative estimate of drug-likeness (QED) is 0.217. The normalized spacial score (nSPS) is 29.5. The largest absolute Gasteiger partial charge is 0.455 e. The van der Waals surface area contributed by atoms with E-state index in [1.54, 1.807) is 21.9 Å². The van der Waals surface area contributed by atoms with E-state index in [1.165, 1.54) is 0 Å². The van der Waals surface area contributed by atoms with Gasteiger partial charge in [0.05, 0.1) is 23.2 Å². The minimum atomic E-state index is -1.44. The van der Waals surface area contributed by atoms with Gasteiger partial charge in [0.2, 0.25) is 11.8 Å². The fourth-order valence-electron chi connectivity index (χ4n) is 7.58. The molecule has 0 radical (unpaired) electrons. The number of cyclic esters (lactones) is 1. The Labute approximate surface area is 299 Å². The lowest BCUT2D eigenvalue weighted by Gasteiger charge is -2.36. The molecule has 2 saturated heterocycles. The highest BCUT2D eigenvalue weighted by Crippen LogP contribution is 2.59. The Morgan fingerprint density at radius 3 is 2.53 bits per heavy atom. The molecule has 2 N–H and O–H groups in total. The average molecular weight is 755 g/mol. The van der Waals surface area contributed by atoms with Crippen LogP contribution in [-0.2, 0) is 28.7 Å². The molecule has 2 fully saturated rings. The molecule has 6 rings (SSSR count). The van der Waals surface area contributed by atoms with E-state index in [2.05, 4.69) is 21.2 Å². The van der Waals surface area contributed by atoms with E-state index in [-0.39, 0.29) is 50.4 Å². The van der Waals surface area contributed by atoms with Crippen LogP contribution in [0.25, 0.3) is 0 Å². The van der Waals surface area contributed by atoms with Crippen molar-refractivity contribution in [2.45, 2.75) is 69.3 Å². The second kappa shape index (κ2) is 15.2. The third-order valence-corrected chi connectivity index (χ3v) is 10.9. The zero-order chi connectivity index (χ0) is 34.7. The summed E-state index contributed by atoms with van der Waals surface area (Å²) in [6.45, 7) is 2.41. The summed E-state index contributed by atoms with van der Waals surface area (Å²) in [5.41, 5.74) is 0.550. The van der Waals surface area contributed by atoms with Crippen LogP contribution in [-0.4, -0.2) is 77.7 Å². The Hall–Kier alpha value is -3.51. The van der Waals surface area contributed by atoms with Crippen molar-refractivity contribution in [1.29, 1.82) is 0 Å². The molecule has 4 aliphatic heterocycles. The van der Waals surface area contributed by atoms with Gasteiger partial charge in [0.15, 0.2) is 0 Å². The second-order valence-corrected chi connectivity index (χ2v) is 14.3. The molecule has 0 aliphatic carbocycles. The van der Waals surface area contributed by atoms with Crippen molar-refractivity contribution in [3.8, 4) is 0 Å². The zero-order valence-electron chi connectivity index (χ0n) is 27.4. The Balaban J connectivity index is 1.44. The topological polar surface area (TPSA) is 125 Å². The Morgan fingerprint density at radius 2 is 1.78 bits per heavy atom. The van der Waals surface area contributed by atoms with Gasteiger partial charge >= 0.3 is 5.97 Å². The van der Waals surface area contributed by atoms with Gasteiger partial charge in [-0.05, 0) is 49.5 Å². The fourth-order valence-corrected chi connectivity index (χ4v) is 8.64. The smallest absolute Gasteiger partial charge is 0.313 e. The lowest BCUT2D eigenvalue weighted by molar-refractivity contribution is -0.159. The van der Waals surface area contributed by atoms with E-state index < -0.39 is 41.7 Å². The summed E-state index contributed by atoms with van der Waals surface area (Å²) in [6.07, 6.45) is 7.22. The van der Waals surface area contributed by atoms with Gasteiger partial charge in [-0.25, -0.2) is 0 Å². The standard InChI is InChI=1S/C37H41BrClN3O7/c1-23-13-12-16-26(39)31(23)41-18-10-5-8-17-28(44)40-22-27(24-14-6-4-7-15-24)48-36(47)29-30-34(45)42(19-9-2-3-11-20-43)33(35(41)46)37(30)21-25(38)32(29)49-37/h4-7,10,12-16,21,27,29-30,32-33,43H,2-3,8-9,11,17-20,22H2,1H3,(H,40,44)/b10-5-/t27-,29-,30+,32-,33-,37+/m1/s1. The van der Waals surface area contributed by atoms with Crippen LogP contribution in [0.5, 0.6) is 0 Å². The number of aryl methyl sites for hydroxylation is 1. The molecule has 0 saturated carbocycles. The number of esters is 1. The molecule has 6 atom stereocenters. The lowest BCUT2D eigenvalue weighted by Crippen LogP contribution is -2.56. The van der Waals surface area contributed by atoms with E-state index in [0.717, 1.165) is 18.4 Å². The number of hydrogen-bond acceptors (Lipinski definition) is 7. The van der Waals surface area contributed by atoms with Crippen LogP contribution in [0.3, 0.4) is 0 Å². The molecular weight excluding hydrogens is 714 g/mol. The first-order valence-electron chi connectivity index (χ1n) is 16.9. The fraction of sp³-hybridized carbons (Fsp3) is 0.459. The number of likely N-dealkylation sites (tertiary alicyclic amines) is 1. The van der Waals surface area contributed by atoms with Crippen LogP contribution in [0, 0.1) is 18.8 Å². The lowest BCUT2D eigenvalue weighted by atomic mass is 9.74. The maximum absolute atomic E-state index is 15.1. The molecule has 5 bridgehead atoms. The van der Waals surface area contributed by atoms with Crippen LogP contribution in [0.4, 0.5) is 5.69 Å². The number of hydrogen-bond donors (Lipinski definition) is 2. The molecule has 4 heterocycles. The number of benzene rings is 2. The van der Waals surface area contributed by atoms with E-state index in [0.29, 0.717) is 40.0 Å². The molecule has 0 aromatic heterocycles. The molecule has 49 heavy (non-hydrogen) atoms. The number of nitrogens with zero attached hydrogens (tertiary/aromatic N) is 2. The Kier molecular flexibility index (Phi) is 10.9. The van der Waals surface area contributed by atoms with Crippen molar-refractivity contribution in [3.05, 3.63) is 87.4 Å². The highest BCUT2D eigenvalue weighted by atomic mass is 79.9. The number of halogens is 2. The van der Waals surface area contributed by atoms with Gasteiger partial charge in [-0.1, -0.05) is 95.0 Å². The minimum absolute atomic E-state index is 0.0535. The highest BCUT2D eigenvalue weighted by Gasteiger charge is 2.75. The van der Waals surface area contributed by atoms with Crippen LogP contribution in [0.1, 0.15) is 55.8 Å². The van der Waals surface area contributed by atoms with Crippen LogP contribution in [0.15, 0.2) is 71.2 Å². The molecule has 2 aromatic rings. The highest BCUT2D eigenvalue weighted by molar-refractivity contribution is 9.11. The summed E-state index contributed by atoms with van der Waals surface area (Å²) < 4.78 is 13.4. The van der Waals surface area contributed by atoms with Crippen molar-refractivity contribution in [2.24, 2.45) is 11.8 Å². The SMILES string of the molecule is Cc1cccc(Cl)c1N1C/C=C\CCC(=O)NC[C@H](c2ccccc2)OC(=O)[C@H]2[C@@H]3O[C@@]4(C=C3Br)[C@@H]2C(=O)N(CCCCCCO)[C@@H]4C1=O. The van der Waals surface area contributed by atoms with Crippen molar-refractivity contribution in [2.75, 3.05) is 31.1 Å². The number of aliphatic hydroxyl groups excluding tert-OH is 1. The number of aliphatic hydroxyl groups is 1. The van der Waals surface area contributed by atoms with Crippen molar-refractivity contribution >= 4 is 56.9 Å². The molecule has 1 spiro atoms. The van der Waals surface area contributed by atoms with Gasteiger partial charge in [0.1, 0.15) is 29.8 Å². The molecule has 10 nitrogen and oxygen atoms in total. The summed E-state index contributed by atoms with van der Waals surface area (Å²) in [5.74, 6) is -3.63. The predicted octanol–water partition coefficient (Wildman–Crippen LogP) is 5.16. The number of rotatable bonds is 8. The summed E-state index contributed by atoms with van der Waals surface area (Å²) in [5, 5.41) is 12.6. The molecule has 2 aromatic carbocycles. The third kappa shape index (κ3) is 6.82. The third-order valence-electron chi connectivity index (χ3n) is 9.87. The number of fused-ring (bicyclic) bond motifs is 2. The van der Waals surface area contributed by atoms with Crippen molar-refractivity contribution in [1.82, 2.24) is 10.2 Å². The van der Waals surface area contributed by atoms with Crippen molar-refractivity contribution in [3.63, 3.8) is 0 Å². The van der Waals surface area contributed by atoms with E-state index in [4.69, 9.17) is 21.1 Å². The predicted molar refractivity (Wildman–Crippen MR) is 188 cm³/mol. The summed E-state index contributed by atoms with van der Waals surface area (Å²) in [7, 11) is 0. The summed E-state index contributed by atoms with van der Waals surface area (Å²) in [4.78, 5) is 60.0. The summed E-state index contributed by atoms with van der Waals surface area (Å²) in [6, 6.07) is 13.5.